The summed E-state index contributed by atoms with van der Waals surface area (Å²) in [7, 11) is 1.63. The first-order valence-corrected chi connectivity index (χ1v) is 6.65. The molecule has 0 atom stereocenters. The molecule has 0 bridgehead atoms. The highest BCUT2D eigenvalue weighted by Gasteiger charge is 2.31. The number of piperazine rings is 1. The fourth-order valence-corrected chi connectivity index (χ4v) is 2.16. The van der Waals surface area contributed by atoms with Gasteiger partial charge in [-0.05, 0) is 17.7 Å². The van der Waals surface area contributed by atoms with Crippen LogP contribution in [0, 0.1) is 0 Å². The van der Waals surface area contributed by atoms with Crippen LogP contribution in [-0.2, 0) is 15.0 Å². The van der Waals surface area contributed by atoms with Gasteiger partial charge in [-0.3, -0.25) is 9.59 Å². The van der Waals surface area contributed by atoms with Crippen LogP contribution >= 0.6 is 0 Å². The van der Waals surface area contributed by atoms with E-state index >= 15 is 0 Å². The highest BCUT2D eigenvalue weighted by molar-refractivity contribution is 6.40. The van der Waals surface area contributed by atoms with E-state index in [9.17, 15) is 14.7 Å². The predicted molar refractivity (Wildman–Crippen MR) is 76.5 cm³/mol. The van der Waals surface area contributed by atoms with Gasteiger partial charge in [0.2, 0.25) is 0 Å². The molecule has 1 aromatic rings. The summed E-state index contributed by atoms with van der Waals surface area (Å²) < 4.78 is 0. The van der Waals surface area contributed by atoms with Crippen LogP contribution in [0.4, 0.5) is 5.69 Å². The molecule has 108 valence electrons. The number of carbonyl (C=O) groups is 2. The number of aliphatic hydroxyl groups excluding tert-OH is 1. The van der Waals surface area contributed by atoms with Crippen LogP contribution in [0.25, 0.3) is 0 Å². The number of benzene rings is 1. The maximum atomic E-state index is 12.0. The number of carbonyl (C=O) groups excluding carboxylic acids is 2. The van der Waals surface area contributed by atoms with Crippen molar-refractivity contribution >= 4 is 17.5 Å². The van der Waals surface area contributed by atoms with E-state index in [-0.39, 0.29) is 12.0 Å². The minimum atomic E-state index is -0.493. The number of nitrogens with zero attached hydrogens (tertiary/aromatic N) is 2. The third-order valence-corrected chi connectivity index (χ3v) is 3.79. The lowest BCUT2D eigenvalue weighted by Crippen LogP contribution is -2.53. The maximum absolute atomic E-state index is 12.0. The second-order valence-electron chi connectivity index (χ2n) is 5.77. The first-order valence-electron chi connectivity index (χ1n) is 6.65. The molecule has 1 saturated heterocycles. The fraction of sp³-hybridized carbons (Fsp3) is 0.467. The molecule has 0 unspecified atom stereocenters. The number of rotatable bonds is 3. The molecule has 1 aromatic carbocycles. The van der Waals surface area contributed by atoms with E-state index in [1.165, 1.54) is 9.80 Å². The molecule has 0 radical (unpaired) electrons. The highest BCUT2D eigenvalue weighted by atomic mass is 16.3. The monoisotopic (exact) mass is 276 g/mol. The summed E-state index contributed by atoms with van der Waals surface area (Å²) in [5.41, 5.74) is 1.39. The standard InChI is InChI=1S/C15H20N2O3/c1-15(2,10-18)11-4-6-12(7-5-11)17-9-8-16(3)13(19)14(17)20/h4-7,18H,8-10H2,1-3H3. The van der Waals surface area contributed by atoms with Gasteiger partial charge < -0.3 is 14.9 Å². The third-order valence-electron chi connectivity index (χ3n) is 3.79. The smallest absolute Gasteiger partial charge is 0.316 e. The molecule has 20 heavy (non-hydrogen) atoms. The zero-order valence-corrected chi connectivity index (χ0v) is 12.1. The predicted octanol–water partition coefficient (Wildman–Crippen LogP) is 0.761. The quantitative estimate of drug-likeness (QED) is 0.829. The Morgan fingerprint density at radius 2 is 1.70 bits per heavy atom. The van der Waals surface area contributed by atoms with Gasteiger partial charge >= 0.3 is 11.8 Å². The lowest BCUT2D eigenvalue weighted by atomic mass is 9.85. The van der Waals surface area contributed by atoms with Crippen LogP contribution in [0.2, 0.25) is 0 Å². The topological polar surface area (TPSA) is 60.9 Å². The van der Waals surface area contributed by atoms with E-state index in [4.69, 9.17) is 0 Å². The summed E-state index contributed by atoms with van der Waals surface area (Å²) in [6.45, 7) is 5.00. The Hall–Kier alpha value is -1.88. The molecule has 1 fully saturated rings. The van der Waals surface area contributed by atoms with Gasteiger partial charge in [0, 0.05) is 31.2 Å². The Kier molecular flexibility index (Phi) is 3.81. The van der Waals surface area contributed by atoms with Crippen molar-refractivity contribution in [1.82, 2.24) is 4.90 Å². The molecule has 1 aliphatic heterocycles. The minimum absolute atomic E-state index is 0.0538. The summed E-state index contributed by atoms with van der Waals surface area (Å²) >= 11 is 0. The summed E-state index contributed by atoms with van der Waals surface area (Å²) in [5, 5.41) is 9.36. The maximum Gasteiger partial charge on any atom is 0.316 e. The molecule has 0 aromatic heterocycles. The van der Waals surface area contributed by atoms with E-state index in [0.717, 1.165) is 5.56 Å². The van der Waals surface area contributed by atoms with Crippen LogP contribution in [0.3, 0.4) is 0 Å². The van der Waals surface area contributed by atoms with Crippen molar-refractivity contribution in [3.63, 3.8) is 0 Å². The molecule has 1 heterocycles. The van der Waals surface area contributed by atoms with Crippen molar-refractivity contribution in [2.24, 2.45) is 0 Å². The second kappa shape index (κ2) is 5.25. The van der Waals surface area contributed by atoms with Crippen LogP contribution in [0.5, 0.6) is 0 Å². The number of aliphatic hydroxyl groups is 1. The molecule has 0 aliphatic carbocycles. The molecule has 0 saturated carbocycles. The zero-order valence-electron chi connectivity index (χ0n) is 12.1. The van der Waals surface area contributed by atoms with Crippen molar-refractivity contribution in [2.45, 2.75) is 19.3 Å². The SMILES string of the molecule is CN1CCN(c2ccc(C(C)(C)CO)cc2)C(=O)C1=O. The molecular formula is C15H20N2O3. The van der Waals surface area contributed by atoms with Gasteiger partial charge in [-0.1, -0.05) is 26.0 Å². The van der Waals surface area contributed by atoms with Gasteiger partial charge in [0.1, 0.15) is 0 Å². The van der Waals surface area contributed by atoms with Gasteiger partial charge in [-0.15, -0.1) is 0 Å². The number of hydrogen-bond donors (Lipinski definition) is 1. The Bertz CT molecular complexity index is 522. The van der Waals surface area contributed by atoms with Crippen LogP contribution in [0.1, 0.15) is 19.4 Å². The molecule has 0 spiro atoms. The van der Waals surface area contributed by atoms with Crippen LogP contribution in [-0.4, -0.2) is 48.6 Å². The van der Waals surface area contributed by atoms with E-state index in [1.54, 1.807) is 7.05 Å². The number of amides is 2. The lowest BCUT2D eigenvalue weighted by molar-refractivity contribution is -0.145. The summed E-state index contributed by atoms with van der Waals surface area (Å²) in [6.07, 6.45) is 0. The van der Waals surface area contributed by atoms with Gasteiger partial charge in [0.25, 0.3) is 0 Å². The molecule has 5 nitrogen and oxygen atoms in total. The molecule has 5 heteroatoms. The van der Waals surface area contributed by atoms with E-state index in [0.29, 0.717) is 18.8 Å². The van der Waals surface area contributed by atoms with E-state index < -0.39 is 11.8 Å². The average molecular weight is 276 g/mol. The van der Waals surface area contributed by atoms with Gasteiger partial charge in [0.05, 0.1) is 6.61 Å². The number of anilines is 1. The number of hydrogen-bond acceptors (Lipinski definition) is 3. The first-order chi connectivity index (χ1) is 9.36. The van der Waals surface area contributed by atoms with Crippen molar-refractivity contribution in [2.75, 3.05) is 31.6 Å². The van der Waals surface area contributed by atoms with Crippen molar-refractivity contribution in [1.29, 1.82) is 0 Å². The van der Waals surface area contributed by atoms with E-state index in [2.05, 4.69) is 0 Å². The Balaban J connectivity index is 2.23. The van der Waals surface area contributed by atoms with Gasteiger partial charge in [-0.2, -0.15) is 0 Å². The van der Waals surface area contributed by atoms with Crippen molar-refractivity contribution < 1.29 is 14.7 Å². The summed E-state index contributed by atoms with van der Waals surface area (Å²) in [6, 6.07) is 7.43. The Labute approximate surface area is 118 Å². The minimum Gasteiger partial charge on any atom is -0.395 e. The van der Waals surface area contributed by atoms with Gasteiger partial charge in [-0.25, -0.2) is 0 Å². The molecular weight excluding hydrogens is 256 g/mol. The van der Waals surface area contributed by atoms with Crippen molar-refractivity contribution in [3.8, 4) is 0 Å². The molecule has 2 rings (SSSR count). The fourth-order valence-electron chi connectivity index (χ4n) is 2.16. The zero-order chi connectivity index (χ0) is 14.9. The normalized spacial score (nSPS) is 16.8. The first kappa shape index (κ1) is 14.5. The highest BCUT2D eigenvalue weighted by Crippen LogP contribution is 2.25. The number of likely N-dealkylation sites (N-methyl/N-ethyl adjacent to an activating group) is 1. The molecule has 1 N–H and O–H groups in total. The van der Waals surface area contributed by atoms with Crippen molar-refractivity contribution in [3.05, 3.63) is 29.8 Å². The van der Waals surface area contributed by atoms with Gasteiger partial charge in [0.15, 0.2) is 0 Å². The molecule has 1 aliphatic rings. The summed E-state index contributed by atoms with van der Waals surface area (Å²) in [4.78, 5) is 26.6. The largest absolute Gasteiger partial charge is 0.395 e. The van der Waals surface area contributed by atoms with Crippen LogP contribution < -0.4 is 4.90 Å². The Morgan fingerprint density at radius 1 is 1.10 bits per heavy atom. The second-order valence-corrected chi connectivity index (χ2v) is 5.77. The molecule has 2 amide bonds. The third kappa shape index (κ3) is 2.54. The van der Waals surface area contributed by atoms with E-state index in [1.807, 2.05) is 38.1 Å². The average Bonchev–Trinajstić information content (AvgIpc) is 2.45. The lowest BCUT2D eigenvalue weighted by Gasteiger charge is -2.32. The summed E-state index contributed by atoms with van der Waals surface area (Å²) in [5.74, 6) is -0.969. The van der Waals surface area contributed by atoms with Crippen LogP contribution in [0.15, 0.2) is 24.3 Å². The Morgan fingerprint density at radius 3 is 2.25 bits per heavy atom.